The van der Waals surface area contributed by atoms with Crippen molar-refractivity contribution in [3.8, 4) is 5.75 Å². The minimum atomic E-state index is -0.513. The van der Waals surface area contributed by atoms with Crippen LogP contribution >= 0.6 is 28.3 Å². The quantitative estimate of drug-likeness (QED) is 0.860. The minimum absolute atomic E-state index is 0. The van der Waals surface area contributed by atoms with Crippen LogP contribution in [0.15, 0.2) is 22.7 Å². The Hall–Kier alpha value is -0.850. The Balaban J connectivity index is 0.00000256. The Morgan fingerprint density at radius 1 is 1.53 bits per heavy atom. The highest BCUT2D eigenvalue weighted by Crippen LogP contribution is 2.21. The summed E-state index contributed by atoms with van der Waals surface area (Å²) in [6.07, 6.45) is 0. The summed E-state index contributed by atoms with van der Waals surface area (Å²) in [4.78, 5) is 11.1. The number of rotatable bonds is 5. The summed E-state index contributed by atoms with van der Waals surface area (Å²) >= 11 is 3.12. The first-order valence-electron chi connectivity index (χ1n) is 4.68. The summed E-state index contributed by atoms with van der Waals surface area (Å²) in [5.41, 5.74) is 5.20. The van der Waals surface area contributed by atoms with Crippen LogP contribution in [-0.4, -0.2) is 25.6 Å². The first kappa shape index (κ1) is 16.1. The average molecular weight is 328 g/mol. The molecule has 0 aromatic heterocycles. The summed E-state index contributed by atoms with van der Waals surface area (Å²) in [5, 5.41) is 2.51. The zero-order valence-electron chi connectivity index (χ0n) is 8.91. The molecule has 7 heteroatoms. The van der Waals surface area contributed by atoms with Gasteiger partial charge >= 0.3 is 0 Å². The van der Waals surface area contributed by atoms with Crippen molar-refractivity contribution >= 4 is 34.2 Å². The first-order chi connectivity index (χ1) is 7.63. The molecule has 1 aromatic carbocycles. The van der Waals surface area contributed by atoms with Crippen LogP contribution in [0.4, 0.5) is 4.39 Å². The molecule has 0 fully saturated rings. The van der Waals surface area contributed by atoms with Gasteiger partial charge in [0.25, 0.3) is 5.91 Å². The van der Waals surface area contributed by atoms with Crippen molar-refractivity contribution in [3.05, 3.63) is 28.5 Å². The molecular weight excluding hydrogens is 314 g/mol. The predicted octanol–water partition coefficient (Wildman–Crippen LogP) is 1.46. The first-order valence-corrected chi connectivity index (χ1v) is 5.47. The van der Waals surface area contributed by atoms with E-state index < -0.39 is 5.82 Å². The van der Waals surface area contributed by atoms with E-state index in [1.165, 1.54) is 12.1 Å². The number of ether oxygens (including phenoxy) is 1. The standard InChI is InChI=1S/C10H12BrFN2O2.ClH/c11-7-1-2-9(8(12)5-7)16-6-10(15)14-4-3-13;/h1-2,5H,3-4,6,13H2,(H,14,15);1H. The van der Waals surface area contributed by atoms with E-state index in [4.69, 9.17) is 10.5 Å². The molecule has 4 nitrogen and oxygen atoms in total. The Morgan fingerprint density at radius 3 is 2.82 bits per heavy atom. The van der Waals surface area contributed by atoms with Gasteiger partial charge in [-0.15, -0.1) is 12.4 Å². The fourth-order valence-corrected chi connectivity index (χ4v) is 1.33. The van der Waals surface area contributed by atoms with E-state index in [0.717, 1.165) is 0 Å². The number of carbonyl (C=O) groups excluding carboxylic acids is 1. The van der Waals surface area contributed by atoms with Gasteiger partial charge in [-0.1, -0.05) is 15.9 Å². The van der Waals surface area contributed by atoms with Crippen LogP contribution in [0.3, 0.4) is 0 Å². The van der Waals surface area contributed by atoms with E-state index in [0.29, 0.717) is 17.6 Å². The van der Waals surface area contributed by atoms with Gasteiger partial charge in [-0.25, -0.2) is 4.39 Å². The molecule has 0 saturated heterocycles. The Kier molecular flexibility index (Phi) is 7.86. The van der Waals surface area contributed by atoms with Gasteiger partial charge in [0.2, 0.25) is 0 Å². The largest absolute Gasteiger partial charge is 0.481 e. The molecule has 3 N–H and O–H groups in total. The second-order valence-corrected chi connectivity index (χ2v) is 3.92. The lowest BCUT2D eigenvalue weighted by atomic mass is 10.3. The van der Waals surface area contributed by atoms with E-state index in [-0.39, 0.29) is 30.7 Å². The van der Waals surface area contributed by atoms with Gasteiger partial charge in [0.05, 0.1) is 0 Å². The van der Waals surface area contributed by atoms with Gasteiger partial charge in [-0.05, 0) is 18.2 Å². The van der Waals surface area contributed by atoms with Crippen LogP contribution in [-0.2, 0) is 4.79 Å². The molecule has 0 radical (unpaired) electrons. The lowest BCUT2D eigenvalue weighted by Crippen LogP contribution is -2.33. The predicted molar refractivity (Wildman–Crippen MR) is 68.9 cm³/mol. The fourth-order valence-electron chi connectivity index (χ4n) is 0.998. The maximum atomic E-state index is 13.2. The monoisotopic (exact) mass is 326 g/mol. The molecule has 0 heterocycles. The lowest BCUT2D eigenvalue weighted by Gasteiger charge is -2.07. The number of nitrogens with one attached hydrogen (secondary N) is 1. The number of nitrogens with two attached hydrogens (primary N) is 1. The van der Waals surface area contributed by atoms with Crippen molar-refractivity contribution in [1.82, 2.24) is 5.32 Å². The highest BCUT2D eigenvalue weighted by molar-refractivity contribution is 9.10. The normalized spacial score (nSPS) is 9.35. The van der Waals surface area contributed by atoms with E-state index in [9.17, 15) is 9.18 Å². The number of hydrogen-bond donors (Lipinski definition) is 2. The number of hydrogen-bond acceptors (Lipinski definition) is 3. The molecule has 0 unspecified atom stereocenters. The van der Waals surface area contributed by atoms with Crippen LogP contribution in [0.1, 0.15) is 0 Å². The smallest absolute Gasteiger partial charge is 0.257 e. The molecule has 1 amide bonds. The summed E-state index contributed by atoms with van der Waals surface area (Å²) < 4.78 is 18.9. The minimum Gasteiger partial charge on any atom is -0.481 e. The number of halogens is 3. The highest BCUT2D eigenvalue weighted by atomic mass is 79.9. The van der Waals surface area contributed by atoms with Crippen LogP contribution in [0, 0.1) is 5.82 Å². The van der Waals surface area contributed by atoms with Gasteiger partial charge in [0.15, 0.2) is 18.2 Å². The zero-order valence-corrected chi connectivity index (χ0v) is 11.3. The maximum absolute atomic E-state index is 13.2. The molecule has 0 aliphatic rings. The van der Waals surface area contributed by atoms with Crippen LogP contribution in [0.5, 0.6) is 5.75 Å². The third-order valence-electron chi connectivity index (χ3n) is 1.72. The van der Waals surface area contributed by atoms with Crippen molar-refractivity contribution < 1.29 is 13.9 Å². The summed E-state index contributed by atoms with van der Waals surface area (Å²) in [6.45, 7) is 0.516. The van der Waals surface area contributed by atoms with Crippen LogP contribution in [0.25, 0.3) is 0 Å². The molecule has 0 atom stereocenters. The van der Waals surface area contributed by atoms with Crippen LogP contribution in [0.2, 0.25) is 0 Å². The van der Waals surface area contributed by atoms with E-state index in [2.05, 4.69) is 21.2 Å². The Morgan fingerprint density at radius 2 is 2.24 bits per heavy atom. The van der Waals surface area contributed by atoms with E-state index in [1.54, 1.807) is 6.07 Å². The molecule has 0 aliphatic heterocycles. The zero-order chi connectivity index (χ0) is 12.0. The maximum Gasteiger partial charge on any atom is 0.257 e. The molecule has 17 heavy (non-hydrogen) atoms. The fraction of sp³-hybridized carbons (Fsp3) is 0.300. The van der Waals surface area contributed by atoms with Gasteiger partial charge in [0, 0.05) is 17.6 Å². The van der Waals surface area contributed by atoms with Gasteiger partial charge in [0.1, 0.15) is 0 Å². The molecule has 1 rings (SSSR count). The summed E-state index contributed by atoms with van der Waals surface area (Å²) in [5.74, 6) is -0.792. The van der Waals surface area contributed by atoms with Gasteiger partial charge < -0.3 is 15.8 Å². The van der Waals surface area contributed by atoms with Crippen molar-refractivity contribution in [2.24, 2.45) is 5.73 Å². The third-order valence-corrected chi connectivity index (χ3v) is 2.21. The topological polar surface area (TPSA) is 64.3 Å². The molecule has 0 spiro atoms. The van der Waals surface area contributed by atoms with Gasteiger partial charge in [-0.3, -0.25) is 4.79 Å². The Labute approximate surface area is 113 Å². The third kappa shape index (κ3) is 5.86. The molecule has 96 valence electrons. The van der Waals surface area contributed by atoms with E-state index >= 15 is 0 Å². The molecule has 0 bridgehead atoms. The summed E-state index contributed by atoms with van der Waals surface area (Å²) in [7, 11) is 0. The molecule has 0 saturated carbocycles. The molecule has 1 aromatic rings. The highest BCUT2D eigenvalue weighted by Gasteiger charge is 2.06. The van der Waals surface area contributed by atoms with Crippen molar-refractivity contribution in [3.63, 3.8) is 0 Å². The van der Waals surface area contributed by atoms with E-state index in [1.807, 2.05) is 0 Å². The lowest BCUT2D eigenvalue weighted by molar-refractivity contribution is -0.123. The van der Waals surface area contributed by atoms with Crippen molar-refractivity contribution in [2.45, 2.75) is 0 Å². The van der Waals surface area contributed by atoms with Gasteiger partial charge in [-0.2, -0.15) is 0 Å². The number of benzene rings is 1. The van der Waals surface area contributed by atoms with Crippen molar-refractivity contribution in [1.29, 1.82) is 0 Å². The molecular formula is C10H13BrClFN2O2. The molecule has 0 aliphatic carbocycles. The number of carbonyl (C=O) groups is 1. The second kappa shape index (κ2) is 8.27. The van der Waals surface area contributed by atoms with Crippen molar-refractivity contribution in [2.75, 3.05) is 19.7 Å². The Bertz CT molecular complexity index is 379. The number of amides is 1. The average Bonchev–Trinajstić information content (AvgIpc) is 2.25. The summed E-state index contributed by atoms with van der Waals surface area (Å²) in [6, 6.07) is 4.36. The van der Waals surface area contributed by atoms with Crippen LogP contribution < -0.4 is 15.8 Å². The second-order valence-electron chi connectivity index (χ2n) is 3.00. The SMILES string of the molecule is Cl.NCCNC(=O)COc1ccc(Br)cc1F.